The minimum atomic E-state index is -0.467. The minimum Gasteiger partial charge on any atom is -0.490 e. The second-order valence-corrected chi connectivity index (χ2v) is 13.7. The van der Waals surface area contributed by atoms with Crippen LogP contribution in [0.4, 0.5) is 0 Å². The Kier molecular flexibility index (Phi) is 11.5. The molecule has 0 radical (unpaired) electrons. The first-order valence-electron chi connectivity index (χ1n) is 16.5. The van der Waals surface area contributed by atoms with Crippen molar-refractivity contribution in [1.29, 1.82) is 0 Å². The van der Waals surface area contributed by atoms with Gasteiger partial charge in [-0.05, 0) is 120 Å². The van der Waals surface area contributed by atoms with Gasteiger partial charge in [-0.3, -0.25) is 0 Å². The van der Waals surface area contributed by atoms with E-state index in [2.05, 4.69) is 87.1 Å². The maximum atomic E-state index is 11.1. The molecule has 52 heavy (non-hydrogen) atoms. The van der Waals surface area contributed by atoms with E-state index in [0.29, 0.717) is 11.5 Å². The Labute approximate surface area is 310 Å². The van der Waals surface area contributed by atoms with Gasteiger partial charge in [-0.1, -0.05) is 49.0 Å². The SMILES string of the molecule is C=CC(=O)OCCOc1ccc(C#Cc2cc3c(C)c(-c4ccc5sc(C#Cc6ccc(OCCOC(=O)C=C)cc6)cc5c4C)ccc3s2)cc1. The Bertz CT molecular complexity index is 2240. The van der Waals surface area contributed by atoms with E-state index in [4.69, 9.17) is 18.9 Å². The maximum absolute atomic E-state index is 11.1. The van der Waals surface area contributed by atoms with Crippen LogP contribution >= 0.6 is 22.7 Å². The quantitative estimate of drug-likeness (QED) is 0.0575. The Morgan fingerprint density at radius 1 is 0.577 bits per heavy atom. The zero-order valence-electron chi connectivity index (χ0n) is 28.7. The van der Waals surface area contributed by atoms with Gasteiger partial charge in [0.2, 0.25) is 0 Å². The van der Waals surface area contributed by atoms with Crippen molar-refractivity contribution in [2.24, 2.45) is 0 Å². The van der Waals surface area contributed by atoms with Gasteiger partial charge in [0.25, 0.3) is 0 Å². The fraction of sp³-hybridized carbons (Fsp3) is 0.136. The first-order chi connectivity index (χ1) is 25.3. The first-order valence-corrected chi connectivity index (χ1v) is 18.1. The van der Waals surface area contributed by atoms with Crippen LogP contribution in [0.1, 0.15) is 32.0 Å². The van der Waals surface area contributed by atoms with Gasteiger partial charge in [-0.15, -0.1) is 22.7 Å². The molecular weight excluding hydrogens is 689 g/mol. The van der Waals surface area contributed by atoms with E-state index < -0.39 is 11.9 Å². The zero-order valence-corrected chi connectivity index (χ0v) is 30.4. The predicted octanol–water partition coefficient (Wildman–Crippen LogP) is 9.42. The lowest BCUT2D eigenvalue weighted by Crippen LogP contribution is -2.10. The van der Waals surface area contributed by atoms with Crippen LogP contribution in [0.25, 0.3) is 31.3 Å². The highest BCUT2D eigenvalue weighted by Gasteiger charge is 2.14. The summed E-state index contributed by atoms with van der Waals surface area (Å²) in [6.07, 6.45) is 2.26. The summed E-state index contributed by atoms with van der Waals surface area (Å²) in [7, 11) is 0. The van der Waals surface area contributed by atoms with Gasteiger partial charge in [0.15, 0.2) is 0 Å². The molecule has 0 atom stereocenters. The van der Waals surface area contributed by atoms with Gasteiger partial charge in [-0.2, -0.15) is 0 Å². The van der Waals surface area contributed by atoms with Gasteiger partial charge in [0.1, 0.15) is 37.9 Å². The van der Waals surface area contributed by atoms with E-state index in [9.17, 15) is 9.59 Å². The molecule has 0 N–H and O–H groups in total. The third-order valence-corrected chi connectivity index (χ3v) is 10.2. The molecule has 0 unspecified atom stereocenters. The molecule has 0 bridgehead atoms. The number of carbonyl (C=O) groups is 2. The van der Waals surface area contributed by atoms with Crippen molar-refractivity contribution < 1.29 is 28.5 Å². The third kappa shape index (κ3) is 8.80. The summed E-state index contributed by atoms with van der Waals surface area (Å²) in [6.45, 7) is 12.0. The summed E-state index contributed by atoms with van der Waals surface area (Å²) in [6, 6.07) is 28.3. The Hall–Kier alpha value is -6.06. The zero-order chi connectivity index (χ0) is 36.5. The normalized spacial score (nSPS) is 10.4. The summed E-state index contributed by atoms with van der Waals surface area (Å²) in [4.78, 5) is 24.3. The molecule has 0 aliphatic carbocycles. The fourth-order valence-electron chi connectivity index (χ4n) is 5.47. The number of carbonyl (C=O) groups excluding carboxylic acids is 2. The summed E-state index contributed by atoms with van der Waals surface area (Å²) >= 11 is 3.38. The average Bonchev–Trinajstić information content (AvgIpc) is 3.80. The highest BCUT2D eigenvalue weighted by molar-refractivity contribution is 7.20. The molecular formula is C44H34O6S2. The van der Waals surface area contributed by atoms with E-state index in [-0.39, 0.29) is 26.4 Å². The molecule has 6 rings (SSSR count). The largest absolute Gasteiger partial charge is 0.490 e. The monoisotopic (exact) mass is 722 g/mol. The van der Waals surface area contributed by atoms with Crippen molar-refractivity contribution in [1.82, 2.24) is 0 Å². The molecule has 8 heteroatoms. The lowest BCUT2D eigenvalue weighted by atomic mass is 9.93. The summed E-state index contributed by atoms with van der Waals surface area (Å²) in [5, 5.41) is 2.41. The van der Waals surface area contributed by atoms with Crippen LogP contribution in [0.3, 0.4) is 0 Å². The van der Waals surface area contributed by atoms with E-state index in [1.807, 2.05) is 48.5 Å². The topological polar surface area (TPSA) is 71.1 Å². The van der Waals surface area contributed by atoms with Crippen LogP contribution in [0.2, 0.25) is 0 Å². The molecule has 0 spiro atoms. The van der Waals surface area contributed by atoms with Crippen LogP contribution in [-0.4, -0.2) is 38.4 Å². The number of thiophene rings is 2. The lowest BCUT2D eigenvalue weighted by Gasteiger charge is -2.11. The van der Waals surface area contributed by atoms with Crippen molar-refractivity contribution in [2.45, 2.75) is 13.8 Å². The van der Waals surface area contributed by atoms with Crippen LogP contribution in [0.15, 0.2) is 110 Å². The highest BCUT2D eigenvalue weighted by atomic mass is 32.1. The first kappa shape index (κ1) is 35.8. The number of hydrogen-bond donors (Lipinski definition) is 0. The maximum Gasteiger partial charge on any atom is 0.330 e. The molecule has 0 aliphatic rings. The number of fused-ring (bicyclic) bond motifs is 2. The summed E-state index contributed by atoms with van der Waals surface area (Å²) in [5.74, 6) is 13.6. The second kappa shape index (κ2) is 16.8. The van der Waals surface area contributed by atoms with E-state index >= 15 is 0 Å². The second-order valence-electron chi connectivity index (χ2n) is 11.5. The number of rotatable bonds is 11. The summed E-state index contributed by atoms with van der Waals surface area (Å²) in [5.41, 5.74) is 6.64. The smallest absolute Gasteiger partial charge is 0.330 e. The molecule has 6 nitrogen and oxygen atoms in total. The molecule has 6 aromatic rings. The van der Waals surface area contributed by atoms with Crippen molar-refractivity contribution in [3.8, 4) is 46.3 Å². The van der Waals surface area contributed by atoms with Crippen molar-refractivity contribution in [3.05, 3.63) is 142 Å². The minimum absolute atomic E-state index is 0.161. The molecule has 0 amide bonds. The van der Waals surface area contributed by atoms with Crippen LogP contribution in [-0.2, 0) is 19.1 Å². The number of hydrogen-bond acceptors (Lipinski definition) is 8. The average molecular weight is 723 g/mol. The van der Waals surface area contributed by atoms with Crippen molar-refractivity contribution in [2.75, 3.05) is 26.4 Å². The molecule has 0 aliphatic heterocycles. The number of ether oxygens (including phenoxy) is 4. The van der Waals surface area contributed by atoms with Gasteiger partial charge >= 0.3 is 11.9 Å². The molecule has 0 saturated carbocycles. The molecule has 0 fully saturated rings. The Balaban J connectivity index is 1.13. The molecule has 2 heterocycles. The molecule has 258 valence electrons. The Morgan fingerprint density at radius 3 is 1.37 bits per heavy atom. The van der Waals surface area contributed by atoms with Crippen LogP contribution < -0.4 is 9.47 Å². The van der Waals surface area contributed by atoms with Crippen molar-refractivity contribution in [3.63, 3.8) is 0 Å². The van der Waals surface area contributed by atoms with Gasteiger partial charge < -0.3 is 18.9 Å². The Morgan fingerprint density at radius 2 is 0.981 bits per heavy atom. The summed E-state index contributed by atoms with van der Waals surface area (Å²) < 4.78 is 23.5. The van der Waals surface area contributed by atoms with Gasteiger partial charge in [0, 0.05) is 32.7 Å². The number of esters is 2. The van der Waals surface area contributed by atoms with E-state index in [1.165, 1.54) is 42.4 Å². The molecule has 2 aromatic heterocycles. The standard InChI is InChI=1S/C44H34O6S2/c1-5-43(45)49-25-23-47-33-13-7-31(8-14-33)11-17-35-27-39-29(3)37(19-21-41(39)51-35)38-20-22-42-40(30(38)4)28-36(52-42)18-12-32-9-15-34(16-10-32)48-24-26-50-44(46)6-2/h5-10,13-16,19-22,27-28H,1-2,23-26H2,3-4H3. The molecule has 4 aromatic carbocycles. The predicted molar refractivity (Wildman–Crippen MR) is 210 cm³/mol. The van der Waals surface area contributed by atoms with Crippen molar-refractivity contribution >= 4 is 54.8 Å². The van der Waals surface area contributed by atoms with Crippen LogP contribution in [0, 0.1) is 37.5 Å². The third-order valence-electron chi connectivity index (χ3n) is 8.13. The number of benzene rings is 4. The van der Waals surface area contributed by atoms with Gasteiger partial charge in [-0.25, -0.2) is 9.59 Å². The van der Waals surface area contributed by atoms with Gasteiger partial charge in [0.05, 0.1) is 9.75 Å². The van der Waals surface area contributed by atoms with E-state index in [0.717, 1.165) is 33.0 Å². The lowest BCUT2D eigenvalue weighted by molar-refractivity contribution is -0.139. The van der Waals surface area contributed by atoms with Crippen LogP contribution in [0.5, 0.6) is 11.5 Å². The fourth-order valence-corrected chi connectivity index (χ4v) is 7.41. The van der Waals surface area contributed by atoms with E-state index in [1.54, 1.807) is 22.7 Å². The molecule has 0 saturated heterocycles. The highest BCUT2D eigenvalue weighted by Crippen LogP contribution is 2.39. The number of aryl methyl sites for hydroxylation is 2.